The molecule has 76 valence electrons. The fourth-order valence-electron chi connectivity index (χ4n) is 0.604. The first kappa shape index (κ1) is 31.0. The molecule has 1 rings (SSSR count). The number of nitrogens with one attached hydrogen (secondary N) is 2. The first-order valence-electron chi connectivity index (χ1n) is 2.41. The van der Waals surface area contributed by atoms with Gasteiger partial charge in [0.25, 0.3) is 0 Å². The molecule has 0 atom stereocenters. The van der Waals surface area contributed by atoms with E-state index in [-0.39, 0.29) is 27.4 Å². The summed E-state index contributed by atoms with van der Waals surface area (Å²) in [4.78, 5) is 0. The predicted octanol–water partition coefficient (Wildman–Crippen LogP) is -4.94. The Morgan fingerprint density at radius 1 is 0.455 bits per heavy atom. The molecule has 0 aliphatic carbocycles. The van der Waals surface area contributed by atoms with Gasteiger partial charge in [-0.3, -0.25) is 0 Å². The molecule has 0 aromatic rings. The van der Waals surface area contributed by atoms with Gasteiger partial charge < -0.3 is 38.0 Å². The molecule has 11 heavy (non-hydrogen) atoms. The summed E-state index contributed by atoms with van der Waals surface area (Å²) < 4.78 is 0. The van der Waals surface area contributed by atoms with Gasteiger partial charge >= 0.3 is 0 Å². The van der Waals surface area contributed by atoms with Crippen LogP contribution in [0.15, 0.2) is 0 Å². The van der Waals surface area contributed by atoms with Gasteiger partial charge in [0.05, 0.1) is 0 Å². The van der Waals surface area contributed by atoms with E-state index in [0.29, 0.717) is 0 Å². The Kier molecular flexibility index (Phi) is 63.6. The maximum atomic E-state index is 3.22. The van der Waals surface area contributed by atoms with E-state index in [1.165, 1.54) is 0 Å². The summed E-state index contributed by atoms with van der Waals surface area (Å²) >= 11 is 0. The van der Waals surface area contributed by atoms with Gasteiger partial charge in [-0.15, -0.1) is 0 Å². The molecule has 0 aromatic heterocycles. The maximum Gasteiger partial charge on any atom is 0.00772 e. The average Bonchev–Trinajstić information content (AvgIpc) is 1.72. The number of rotatable bonds is 0. The van der Waals surface area contributed by atoms with Crippen molar-refractivity contribution in [1.82, 2.24) is 10.6 Å². The van der Waals surface area contributed by atoms with Crippen molar-refractivity contribution in [3.63, 3.8) is 0 Å². The van der Waals surface area contributed by atoms with Crippen LogP contribution < -0.4 is 10.6 Å². The van der Waals surface area contributed by atoms with Crippen LogP contribution in [0.25, 0.3) is 0 Å². The summed E-state index contributed by atoms with van der Waals surface area (Å²) in [6.07, 6.45) is 0. The van der Waals surface area contributed by atoms with Gasteiger partial charge in [0.2, 0.25) is 0 Å². The highest BCUT2D eigenvalue weighted by Gasteiger charge is 1.91. The van der Waals surface area contributed by atoms with E-state index in [2.05, 4.69) is 10.6 Å². The first-order valence-corrected chi connectivity index (χ1v) is 2.41. The predicted molar refractivity (Wildman–Crippen MR) is 43.8 cm³/mol. The van der Waals surface area contributed by atoms with Gasteiger partial charge in [-0.25, -0.2) is 0 Å². The van der Waals surface area contributed by atoms with Gasteiger partial charge in [0, 0.05) is 26.2 Å². The van der Waals surface area contributed by atoms with E-state index in [0.717, 1.165) is 26.2 Å². The van der Waals surface area contributed by atoms with Crippen LogP contribution in [0, 0.1) is 0 Å². The van der Waals surface area contributed by atoms with Crippen LogP contribution in [0.2, 0.25) is 0 Å². The highest BCUT2D eigenvalue weighted by Crippen LogP contribution is 1.65. The average molecular weight is 176 g/mol. The van der Waals surface area contributed by atoms with E-state index >= 15 is 0 Å². The van der Waals surface area contributed by atoms with Gasteiger partial charge in [-0.2, -0.15) is 0 Å². The van der Waals surface area contributed by atoms with Gasteiger partial charge in [-0.05, 0) is 0 Å². The molecule has 1 aliphatic rings. The molecule has 0 radical (unpaired) electrons. The molecular formula is C4H20N2O5. The molecule has 12 N–H and O–H groups in total. The van der Waals surface area contributed by atoms with Gasteiger partial charge in [0.1, 0.15) is 0 Å². The van der Waals surface area contributed by atoms with Crippen molar-refractivity contribution in [1.29, 1.82) is 0 Å². The molecule has 0 aromatic carbocycles. The Balaban J connectivity index is -0.0000000240. The summed E-state index contributed by atoms with van der Waals surface area (Å²) in [6.45, 7) is 4.56. The van der Waals surface area contributed by atoms with Crippen molar-refractivity contribution >= 4 is 0 Å². The molecular weight excluding hydrogens is 156 g/mol. The molecule has 7 nitrogen and oxygen atoms in total. The molecule has 1 fully saturated rings. The van der Waals surface area contributed by atoms with Crippen molar-refractivity contribution in [3.05, 3.63) is 0 Å². The largest absolute Gasteiger partial charge is 0.412 e. The number of hydrogen-bond donors (Lipinski definition) is 2. The van der Waals surface area contributed by atoms with Crippen LogP contribution in [0.4, 0.5) is 0 Å². The summed E-state index contributed by atoms with van der Waals surface area (Å²) in [6, 6.07) is 0. The van der Waals surface area contributed by atoms with Crippen molar-refractivity contribution in [2.75, 3.05) is 26.2 Å². The summed E-state index contributed by atoms with van der Waals surface area (Å²) in [5.41, 5.74) is 0. The van der Waals surface area contributed by atoms with Crippen molar-refractivity contribution in [2.24, 2.45) is 0 Å². The van der Waals surface area contributed by atoms with Crippen LogP contribution >= 0.6 is 0 Å². The molecule has 1 saturated heterocycles. The normalized spacial score (nSPS) is 13.1. The Bertz CT molecular complexity index is 32.0. The lowest BCUT2D eigenvalue weighted by Gasteiger charge is -2.11. The molecule has 0 spiro atoms. The lowest BCUT2D eigenvalue weighted by atomic mass is 10.4. The SMILES string of the molecule is C1CNCCN1.O.O.O.O.O. The van der Waals surface area contributed by atoms with Gasteiger partial charge in [0.15, 0.2) is 0 Å². The molecule has 0 bridgehead atoms. The van der Waals surface area contributed by atoms with E-state index < -0.39 is 0 Å². The molecule has 1 aliphatic heterocycles. The third-order valence-corrected chi connectivity index (χ3v) is 0.957. The Morgan fingerprint density at radius 3 is 0.727 bits per heavy atom. The molecule has 0 unspecified atom stereocenters. The first-order chi connectivity index (χ1) is 3.00. The second-order valence-corrected chi connectivity index (χ2v) is 1.50. The van der Waals surface area contributed by atoms with Crippen molar-refractivity contribution < 1.29 is 27.4 Å². The Labute approximate surface area is 65.3 Å². The Morgan fingerprint density at radius 2 is 0.636 bits per heavy atom. The fourth-order valence-corrected chi connectivity index (χ4v) is 0.604. The smallest absolute Gasteiger partial charge is 0.00772 e. The monoisotopic (exact) mass is 176 g/mol. The minimum atomic E-state index is 0. The topological polar surface area (TPSA) is 182 Å². The van der Waals surface area contributed by atoms with Gasteiger partial charge in [-0.1, -0.05) is 0 Å². The van der Waals surface area contributed by atoms with E-state index in [9.17, 15) is 0 Å². The van der Waals surface area contributed by atoms with E-state index in [1.54, 1.807) is 0 Å². The lowest BCUT2D eigenvalue weighted by Crippen LogP contribution is -2.39. The van der Waals surface area contributed by atoms with Crippen LogP contribution in [0.5, 0.6) is 0 Å². The summed E-state index contributed by atoms with van der Waals surface area (Å²) in [5, 5.41) is 6.44. The number of piperazine rings is 1. The van der Waals surface area contributed by atoms with Crippen LogP contribution in [0.1, 0.15) is 0 Å². The summed E-state index contributed by atoms with van der Waals surface area (Å²) in [5.74, 6) is 0. The zero-order chi connectivity index (χ0) is 4.24. The second-order valence-electron chi connectivity index (χ2n) is 1.50. The van der Waals surface area contributed by atoms with Crippen molar-refractivity contribution in [3.8, 4) is 0 Å². The molecule has 7 heteroatoms. The Hall–Kier alpha value is -0.280. The van der Waals surface area contributed by atoms with Crippen LogP contribution in [-0.4, -0.2) is 53.6 Å². The van der Waals surface area contributed by atoms with E-state index in [4.69, 9.17) is 0 Å². The highest BCUT2D eigenvalue weighted by atomic mass is 16.0. The quantitative estimate of drug-likeness (QED) is 0.375. The minimum absolute atomic E-state index is 0. The second kappa shape index (κ2) is 22.6. The van der Waals surface area contributed by atoms with Crippen molar-refractivity contribution in [2.45, 2.75) is 0 Å². The standard InChI is InChI=1S/C4H10N2.5H2O/c1-2-6-4-3-5-1;;;;;/h5-6H,1-4H2;5*1H2. The molecule has 0 saturated carbocycles. The van der Waals surface area contributed by atoms with Crippen LogP contribution in [0.3, 0.4) is 0 Å². The number of hydrogen-bond acceptors (Lipinski definition) is 2. The van der Waals surface area contributed by atoms with Crippen LogP contribution in [-0.2, 0) is 0 Å². The zero-order valence-electron chi connectivity index (χ0n) is 6.33. The molecule has 1 heterocycles. The zero-order valence-corrected chi connectivity index (χ0v) is 6.33. The fraction of sp³-hybridized carbons (Fsp3) is 1.00. The molecule has 0 amide bonds. The maximum absolute atomic E-state index is 3.22. The third kappa shape index (κ3) is 17.7. The minimum Gasteiger partial charge on any atom is -0.412 e. The lowest BCUT2D eigenvalue weighted by molar-refractivity contribution is 0.534. The van der Waals surface area contributed by atoms with E-state index in [1.807, 2.05) is 0 Å². The third-order valence-electron chi connectivity index (χ3n) is 0.957. The summed E-state index contributed by atoms with van der Waals surface area (Å²) in [7, 11) is 0. The highest BCUT2D eigenvalue weighted by molar-refractivity contribution is 4.59.